The lowest BCUT2D eigenvalue weighted by Gasteiger charge is -2.23. The molecule has 1 aromatic carbocycles. The highest BCUT2D eigenvalue weighted by molar-refractivity contribution is 5.54. The van der Waals surface area contributed by atoms with E-state index in [1.807, 2.05) is 0 Å². The van der Waals surface area contributed by atoms with Crippen LogP contribution in [0.4, 0.5) is 0 Å². The number of ether oxygens (including phenoxy) is 2. The largest absolute Gasteiger partial charge is 0.497 e. The van der Waals surface area contributed by atoms with Gasteiger partial charge in [0, 0.05) is 11.1 Å². The molecule has 0 bridgehead atoms. The van der Waals surface area contributed by atoms with E-state index in [9.17, 15) is 0 Å². The minimum Gasteiger partial charge on any atom is -0.497 e. The van der Waals surface area contributed by atoms with Gasteiger partial charge in [-0.15, -0.1) is 0 Å². The van der Waals surface area contributed by atoms with Crippen molar-refractivity contribution in [3.63, 3.8) is 0 Å². The lowest BCUT2D eigenvalue weighted by atomic mass is 9.84. The smallest absolute Gasteiger partial charge is 0.128 e. The van der Waals surface area contributed by atoms with Crippen LogP contribution < -0.4 is 14.8 Å². The Morgan fingerprint density at radius 2 is 1.95 bits per heavy atom. The molecule has 0 aromatic heterocycles. The second kappa shape index (κ2) is 5.65. The van der Waals surface area contributed by atoms with Gasteiger partial charge in [-0.25, -0.2) is 0 Å². The first-order chi connectivity index (χ1) is 9.42. The van der Waals surface area contributed by atoms with E-state index in [1.165, 1.54) is 11.1 Å². The monoisotopic (exact) mass is 277 g/mol. The molecule has 112 valence electrons. The second-order valence-electron chi connectivity index (χ2n) is 6.44. The van der Waals surface area contributed by atoms with Gasteiger partial charge in [0.1, 0.15) is 17.6 Å². The van der Waals surface area contributed by atoms with E-state index in [-0.39, 0.29) is 17.6 Å². The van der Waals surface area contributed by atoms with Gasteiger partial charge in [-0.05, 0) is 30.5 Å². The molecule has 0 amide bonds. The topological polar surface area (TPSA) is 30.5 Å². The van der Waals surface area contributed by atoms with Crippen LogP contribution in [0.2, 0.25) is 0 Å². The number of benzene rings is 1. The highest BCUT2D eigenvalue weighted by atomic mass is 16.5. The molecule has 2 rings (SSSR count). The third-order valence-electron chi connectivity index (χ3n) is 3.94. The average Bonchev–Trinajstić information content (AvgIpc) is 2.75. The van der Waals surface area contributed by atoms with E-state index in [0.717, 1.165) is 24.5 Å². The standard InChI is InChI=1S/C17H27NO2/c1-7-14-15(18-8-2)12-9-11(19-6)10-13(16(12)20-14)17(3,4)5/h9-10,14-15,18H,7-8H2,1-6H3. The molecule has 1 aliphatic rings. The molecule has 3 heteroatoms. The van der Waals surface area contributed by atoms with Gasteiger partial charge < -0.3 is 14.8 Å². The SMILES string of the molecule is CCNC1c2cc(OC)cc(C(C)(C)C)c2OC1CC. The van der Waals surface area contributed by atoms with Crippen molar-refractivity contribution in [2.75, 3.05) is 13.7 Å². The fourth-order valence-corrected chi connectivity index (χ4v) is 2.86. The predicted molar refractivity (Wildman–Crippen MR) is 82.8 cm³/mol. The van der Waals surface area contributed by atoms with E-state index in [0.29, 0.717) is 0 Å². The van der Waals surface area contributed by atoms with E-state index >= 15 is 0 Å². The zero-order chi connectivity index (χ0) is 14.9. The molecule has 0 aliphatic carbocycles. The predicted octanol–water partition coefficient (Wildman–Crippen LogP) is 3.81. The Morgan fingerprint density at radius 3 is 2.45 bits per heavy atom. The Kier molecular flexibility index (Phi) is 4.28. The van der Waals surface area contributed by atoms with Gasteiger partial charge in [0.05, 0.1) is 13.2 Å². The van der Waals surface area contributed by atoms with Crippen molar-refractivity contribution in [3.8, 4) is 11.5 Å². The summed E-state index contributed by atoms with van der Waals surface area (Å²) in [5.74, 6) is 1.97. The molecular formula is C17H27NO2. The fraction of sp³-hybridized carbons (Fsp3) is 0.647. The molecule has 20 heavy (non-hydrogen) atoms. The Hall–Kier alpha value is -1.22. The molecule has 3 nitrogen and oxygen atoms in total. The molecule has 1 heterocycles. The summed E-state index contributed by atoms with van der Waals surface area (Å²) in [7, 11) is 1.73. The second-order valence-corrected chi connectivity index (χ2v) is 6.44. The maximum Gasteiger partial charge on any atom is 0.128 e. The maximum absolute atomic E-state index is 6.26. The number of nitrogens with one attached hydrogen (secondary N) is 1. The van der Waals surface area contributed by atoms with Gasteiger partial charge in [0.15, 0.2) is 0 Å². The van der Waals surface area contributed by atoms with Crippen LogP contribution in [0.3, 0.4) is 0 Å². The minimum atomic E-state index is 0.0397. The van der Waals surface area contributed by atoms with E-state index in [2.05, 4.69) is 52.1 Å². The van der Waals surface area contributed by atoms with Crippen LogP contribution in [0.1, 0.15) is 58.2 Å². The van der Waals surface area contributed by atoms with Crippen LogP contribution in [0.5, 0.6) is 11.5 Å². The Labute approximate surface area is 122 Å². The summed E-state index contributed by atoms with van der Waals surface area (Å²) >= 11 is 0. The molecular weight excluding hydrogens is 250 g/mol. The third-order valence-corrected chi connectivity index (χ3v) is 3.94. The summed E-state index contributed by atoms with van der Waals surface area (Å²) < 4.78 is 11.7. The van der Waals surface area contributed by atoms with Crippen LogP contribution in [0.25, 0.3) is 0 Å². The Morgan fingerprint density at radius 1 is 1.25 bits per heavy atom. The number of fused-ring (bicyclic) bond motifs is 1. The van der Waals surface area contributed by atoms with Crippen molar-refractivity contribution in [1.82, 2.24) is 5.32 Å². The maximum atomic E-state index is 6.26. The van der Waals surface area contributed by atoms with Gasteiger partial charge in [-0.3, -0.25) is 0 Å². The van der Waals surface area contributed by atoms with Gasteiger partial charge in [-0.2, -0.15) is 0 Å². The van der Waals surface area contributed by atoms with Gasteiger partial charge in [0.25, 0.3) is 0 Å². The zero-order valence-electron chi connectivity index (χ0n) is 13.5. The van der Waals surface area contributed by atoms with E-state index in [1.54, 1.807) is 7.11 Å². The van der Waals surface area contributed by atoms with Crippen molar-refractivity contribution in [2.45, 2.75) is 58.6 Å². The van der Waals surface area contributed by atoms with Crippen LogP contribution >= 0.6 is 0 Å². The van der Waals surface area contributed by atoms with Gasteiger partial charge in [0.2, 0.25) is 0 Å². The molecule has 1 N–H and O–H groups in total. The zero-order valence-corrected chi connectivity index (χ0v) is 13.5. The van der Waals surface area contributed by atoms with Gasteiger partial charge >= 0.3 is 0 Å². The summed E-state index contributed by atoms with van der Waals surface area (Å²) in [5.41, 5.74) is 2.51. The normalized spacial score (nSPS) is 21.5. The van der Waals surface area contributed by atoms with Gasteiger partial charge in [-0.1, -0.05) is 34.6 Å². The van der Waals surface area contributed by atoms with Crippen molar-refractivity contribution in [3.05, 3.63) is 23.3 Å². The molecule has 0 radical (unpaired) electrons. The summed E-state index contributed by atoms with van der Waals surface area (Å²) in [4.78, 5) is 0. The third kappa shape index (κ3) is 2.64. The van der Waals surface area contributed by atoms with E-state index in [4.69, 9.17) is 9.47 Å². The molecule has 0 spiro atoms. The molecule has 0 saturated heterocycles. The summed E-state index contributed by atoms with van der Waals surface area (Å²) in [5, 5.41) is 3.55. The molecule has 0 saturated carbocycles. The molecule has 2 atom stereocenters. The number of hydrogen-bond donors (Lipinski definition) is 1. The molecule has 1 aliphatic heterocycles. The number of rotatable bonds is 4. The lowest BCUT2D eigenvalue weighted by Crippen LogP contribution is -2.30. The molecule has 0 fully saturated rings. The van der Waals surface area contributed by atoms with Crippen LogP contribution in [-0.4, -0.2) is 19.8 Å². The molecule has 1 aromatic rings. The number of hydrogen-bond acceptors (Lipinski definition) is 3. The first-order valence-electron chi connectivity index (χ1n) is 7.54. The fourth-order valence-electron chi connectivity index (χ4n) is 2.86. The summed E-state index contributed by atoms with van der Waals surface area (Å²) in [6.07, 6.45) is 1.20. The van der Waals surface area contributed by atoms with E-state index < -0.39 is 0 Å². The summed E-state index contributed by atoms with van der Waals surface area (Å²) in [6.45, 7) is 11.9. The highest BCUT2D eigenvalue weighted by Crippen LogP contribution is 2.46. The van der Waals surface area contributed by atoms with Crippen LogP contribution in [-0.2, 0) is 5.41 Å². The Bertz CT molecular complexity index is 477. The van der Waals surface area contributed by atoms with Crippen molar-refractivity contribution < 1.29 is 9.47 Å². The Balaban J connectivity index is 2.55. The average molecular weight is 277 g/mol. The first kappa shape index (κ1) is 15.2. The molecule has 2 unspecified atom stereocenters. The van der Waals surface area contributed by atoms with Crippen LogP contribution in [0.15, 0.2) is 12.1 Å². The number of likely N-dealkylation sites (N-methyl/N-ethyl adjacent to an activating group) is 1. The van der Waals surface area contributed by atoms with Crippen molar-refractivity contribution in [1.29, 1.82) is 0 Å². The van der Waals surface area contributed by atoms with Crippen LogP contribution in [0, 0.1) is 0 Å². The quantitative estimate of drug-likeness (QED) is 0.907. The highest BCUT2D eigenvalue weighted by Gasteiger charge is 2.37. The first-order valence-corrected chi connectivity index (χ1v) is 7.54. The van der Waals surface area contributed by atoms with Crippen molar-refractivity contribution in [2.24, 2.45) is 0 Å². The van der Waals surface area contributed by atoms with Crippen molar-refractivity contribution >= 4 is 0 Å². The lowest BCUT2D eigenvalue weighted by molar-refractivity contribution is 0.183. The summed E-state index contributed by atoms with van der Waals surface area (Å²) in [6, 6.07) is 4.49. The number of methoxy groups -OCH3 is 1. The minimum absolute atomic E-state index is 0.0397.